The smallest absolute Gasteiger partial charge is 0.256 e. The van der Waals surface area contributed by atoms with Crippen LogP contribution < -0.4 is 14.8 Å². The maximum Gasteiger partial charge on any atom is 0.256 e. The molecule has 1 aromatic heterocycles. The lowest BCUT2D eigenvalue weighted by molar-refractivity contribution is 0.102. The molecular weight excluding hydrogens is 400 g/mol. The molecule has 30 heavy (non-hydrogen) atoms. The number of hydrogen-bond acceptors (Lipinski definition) is 4. The molecule has 5 nitrogen and oxygen atoms in total. The first-order valence-corrected chi connectivity index (χ1v) is 9.66. The first kappa shape index (κ1) is 19.7. The van der Waals surface area contributed by atoms with Gasteiger partial charge in [0.2, 0.25) is 0 Å². The monoisotopic (exact) mass is 418 g/mol. The minimum Gasteiger partial charge on any atom is -0.497 e. The Labute approximate surface area is 179 Å². The van der Waals surface area contributed by atoms with E-state index in [1.165, 1.54) is 0 Å². The van der Waals surface area contributed by atoms with Gasteiger partial charge >= 0.3 is 0 Å². The van der Waals surface area contributed by atoms with E-state index in [1.54, 1.807) is 38.5 Å². The van der Waals surface area contributed by atoms with Crippen LogP contribution >= 0.6 is 11.6 Å². The van der Waals surface area contributed by atoms with Crippen molar-refractivity contribution in [3.05, 3.63) is 83.4 Å². The summed E-state index contributed by atoms with van der Waals surface area (Å²) in [6.45, 7) is 0. The summed E-state index contributed by atoms with van der Waals surface area (Å²) in [6.07, 6.45) is 0. The second kappa shape index (κ2) is 8.43. The summed E-state index contributed by atoms with van der Waals surface area (Å²) < 4.78 is 10.7. The Morgan fingerprint density at radius 3 is 2.57 bits per heavy atom. The number of carbonyl (C=O) groups is 1. The molecule has 1 amide bonds. The lowest BCUT2D eigenvalue weighted by Crippen LogP contribution is -2.14. The largest absolute Gasteiger partial charge is 0.497 e. The average Bonchev–Trinajstić information content (AvgIpc) is 2.78. The molecule has 4 rings (SSSR count). The molecule has 150 valence electrons. The molecule has 0 saturated carbocycles. The predicted octanol–water partition coefficient (Wildman–Crippen LogP) is 5.82. The quantitative estimate of drug-likeness (QED) is 0.443. The van der Waals surface area contributed by atoms with Crippen molar-refractivity contribution in [3.63, 3.8) is 0 Å². The Morgan fingerprint density at radius 2 is 1.77 bits per heavy atom. The third-order valence-electron chi connectivity index (χ3n) is 4.74. The van der Waals surface area contributed by atoms with Crippen LogP contribution in [0.4, 0.5) is 5.69 Å². The van der Waals surface area contributed by atoms with Crippen LogP contribution in [0.25, 0.3) is 22.2 Å². The maximum absolute atomic E-state index is 13.3. The molecular formula is C24H19ClN2O3. The van der Waals surface area contributed by atoms with Crippen molar-refractivity contribution in [2.75, 3.05) is 19.5 Å². The van der Waals surface area contributed by atoms with E-state index in [-0.39, 0.29) is 5.91 Å². The van der Waals surface area contributed by atoms with Crippen LogP contribution in [0.15, 0.2) is 72.8 Å². The second-order valence-corrected chi connectivity index (χ2v) is 7.04. The van der Waals surface area contributed by atoms with E-state index in [0.717, 1.165) is 22.2 Å². The normalized spacial score (nSPS) is 10.6. The Kier molecular flexibility index (Phi) is 5.55. The lowest BCUT2D eigenvalue weighted by atomic mass is 10.0. The standard InChI is InChI=1S/C24H19ClN2O3/c1-29-17-7-5-6-15(12-17)21-14-19(18-8-3-4-9-20(18)26-21)24(28)27-22-13-16(25)10-11-23(22)30-2/h3-14H,1-2H3,(H,27,28). The van der Waals surface area contributed by atoms with E-state index in [0.29, 0.717) is 27.7 Å². The fourth-order valence-electron chi connectivity index (χ4n) is 3.26. The molecule has 0 bridgehead atoms. The molecule has 3 aromatic carbocycles. The van der Waals surface area contributed by atoms with Gasteiger partial charge in [0.25, 0.3) is 5.91 Å². The summed E-state index contributed by atoms with van der Waals surface area (Å²) >= 11 is 6.10. The molecule has 0 aliphatic carbocycles. The third kappa shape index (κ3) is 3.93. The summed E-state index contributed by atoms with van der Waals surface area (Å²) in [7, 11) is 3.16. The fourth-order valence-corrected chi connectivity index (χ4v) is 3.43. The zero-order chi connectivity index (χ0) is 21.1. The number of fused-ring (bicyclic) bond motifs is 1. The predicted molar refractivity (Wildman–Crippen MR) is 120 cm³/mol. The first-order chi connectivity index (χ1) is 14.6. The van der Waals surface area contributed by atoms with Crippen LogP contribution in [0.2, 0.25) is 5.02 Å². The number of ether oxygens (including phenoxy) is 2. The van der Waals surface area contributed by atoms with Gasteiger partial charge in [-0.15, -0.1) is 0 Å². The number of hydrogen-bond donors (Lipinski definition) is 1. The number of halogens is 1. The second-order valence-electron chi connectivity index (χ2n) is 6.60. The summed E-state index contributed by atoms with van der Waals surface area (Å²) in [5.41, 5.74) is 3.26. The van der Waals surface area contributed by atoms with E-state index in [9.17, 15) is 4.79 Å². The minimum atomic E-state index is -0.279. The van der Waals surface area contributed by atoms with Crippen molar-refractivity contribution in [1.82, 2.24) is 4.98 Å². The van der Waals surface area contributed by atoms with Crippen molar-refractivity contribution >= 4 is 34.1 Å². The number of amides is 1. The van der Waals surface area contributed by atoms with Gasteiger partial charge in [-0.1, -0.05) is 41.9 Å². The highest BCUT2D eigenvalue weighted by Crippen LogP contribution is 2.31. The molecule has 0 saturated heterocycles. The molecule has 0 fully saturated rings. The van der Waals surface area contributed by atoms with Gasteiger partial charge in [0.1, 0.15) is 11.5 Å². The molecule has 0 unspecified atom stereocenters. The Morgan fingerprint density at radius 1 is 0.933 bits per heavy atom. The number of para-hydroxylation sites is 1. The van der Waals surface area contributed by atoms with Crippen LogP contribution in [0.1, 0.15) is 10.4 Å². The van der Waals surface area contributed by atoms with E-state index in [4.69, 9.17) is 26.1 Å². The van der Waals surface area contributed by atoms with Gasteiger partial charge in [-0.3, -0.25) is 4.79 Å². The number of benzene rings is 3. The molecule has 0 aliphatic heterocycles. The van der Waals surface area contributed by atoms with Gasteiger partial charge in [0.05, 0.1) is 36.7 Å². The van der Waals surface area contributed by atoms with E-state index < -0.39 is 0 Å². The zero-order valence-corrected chi connectivity index (χ0v) is 17.2. The van der Waals surface area contributed by atoms with E-state index >= 15 is 0 Å². The van der Waals surface area contributed by atoms with Crippen molar-refractivity contribution in [2.45, 2.75) is 0 Å². The van der Waals surface area contributed by atoms with Gasteiger partial charge in [-0.25, -0.2) is 4.98 Å². The first-order valence-electron chi connectivity index (χ1n) is 9.28. The molecule has 0 radical (unpaired) electrons. The van der Waals surface area contributed by atoms with Crippen LogP contribution in [0, 0.1) is 0 Å². The summed E-state index contributed by atoms with van der Waals surface area (Å²) in [5.74, 6) is 0.967. The minimum absolute atomic E-state index is 0.279. The maximum atomic E-state index is 13.3. The lowest BCUT2D eigenvalue weighted by Gasteiger charge is -2.13. The van der Waals surface area contributed by atoms with Crippen LogP contribution in [0.3, 0.4) is 0 Å². The van der Waals surface area contributed by atoms with Crippen molar-refractivity contribution in [1.29, 1.82) is 0 Å². The van der Waals surface area contributed by atoms with Gasteiger partial charge in [-0.05, 0) is 42.5 Å². The number of methoxy groups -OCH3 is 2. The SMILES string of the molecule is COc1cccc(-c2cc(C(=O)Nc3cc(Cl)ccc3OC)c3ccccc3n2)c1. The van der Waals surface area contributed by atoms with Crippen molar-refractivity contribution in [3.8, 4) is 22.8 Å². The molecule has 4 aromatic rings. The Balaban J connectivity index is 1.81. The van der Waals surface area contributed by atoms with Crippen LogP contribution in [0.5, 0.6) is 11.5 Å². The molecule has 0 spiro atoms. The van der Waals surface area contributed by atoms with E-state index in [1.807, 2.05) is 48.5 Å². The number of carbonyl (C=O) groups excluding carboxylic acids is 1. The highest BCUT2D eigenvalue weighted by atomic mass is 35.5. The zero-order valence-electron chi connectivity index (χ0n) is 16.5. The topological polar surface area (TPSA) is 60.5 Å². The Hall–Kier alpha value is -3.57. The third-order valence-corrected chi connectivity index (χ3v) is 4.97. The number of nitrogens with zero attached hydrogens (tertiary/aromatic N) is 1. The summed E-state index contributed by atoms with van der Waals surface area (Å²) in [5, 5.41) is 4.17. The number of rotatable bonds is 5. The molecule has 1 N–H and O–H groups in total. The molecule has 6 heteroatoms. The fraction of sp³-hybridized carbons (Fsp3) is 0.0833. The number of pyridine rings is 1. The van der Waals surface area contributed by atoms with E-state index in [2.05, 4.69) is 5.32 Å². The molecule has 1 heterocycles. The van der Waals surface area contributed by atoms with Gasteiger partial charge in [-0.2, -0.15) is 0 Å². The average molecular weight is 419 g/mol. The van der Waals surface area contributed by atoms with Crippen LogP contribution in [-0.2, 0) is 0 Å². The number of anilines is 1. The molecule has 0 atom stereocenters. The van der Waals surface area contributed by atoms with Crippen molar-refractivity contribution < 1.29 is 14.3 Å². The highest BCUT2D eigenvalue weighted by molar-refractivity contribution is 6.31. The van der Waals surface area contributed by atoms with Gasteiger partial charge < -0.3 is 14.8 Å². The van der Waals surface area contributed by atoms with Crippen molar-refractivity contribution in [2.24, 2.45) is 0 Å². The van der Waals surface area contributed by atoms with Gasteiger partial charge in [0, 0.05) is 16.0 Å². The summed E-state index contributed by atoms with van der Waals surface area (Å²) in [6, 6.07) is 22.0. The number of aromatic nitrogens is 1. The highest BCUT2D eigenvalue weighted by Gasteiger charge is 2.16. The Bertz CT molecular complexity index is 1240. The number of nitrogens with one attached hydrogen (secondary N) is 1. The van der Waals surface area contributed by atoms with Gasteiger partial charge in [0.15, 0.2) is 0 Å². The van der Waals surface area contributed by atoms with Crippen LogP contribution in [-0.4, -0.2) is 25.1 Å². The summed E-state index contributed by atoms with van der Waals surface area (Å²) in [4.78, 5) is 18.0. The molecule has 0 aliphatic rings.